The summed E-state index contributed by atoms with van der Waals surface area (Å²) in [5.74, 6) is 0.353. The lowest BCUT2D eigenvalue weighted by Gasteiger charge is -2.23. The quantitative estimate of drug-likeness (QED) is 0.486. The number of anilines is 2. The minimum absolute atomic E-state index is 0.0939. The summed E-state index contributed by atoms with van der Waals surface area (Å²) in [5, 5.41) is 14.5. The molecule has 0 unspecified atom stereocenters. The molecular formula is C24H35N5O3. The van der Waals surface area contributed by atoms with Crippen LogP contribution in [0.5, 0.6) is 0 Å². The van der Waals surface area contributed by atoms with Crippen LogP contribution in [0, 0.1) is 12.8 Å². The van der Waals surface area contributed by atoms with Gasteiger partial charge in [-0.05, 0) is 49.3 Å². The van der Waals surface area contributed by atoms with E-state index < -0.39 is 5.97 Å². The topological polar surface area (TPSA) is 107 Å². The number of carbonyl (C=O) groups is 2. The SMILES string of the molecule is CC.CCCN(CC1CC1)c1cc(C(=O)Nc2ccc(CNCC(=O)O)cc2C)ncn1. The molecular weight excluding hydrogens is 406 g/mol. The van der Waals surface area contributed by atoms with Crippen molar-refractivity contribution in [3.8, 4) is 0 Å². The molecule has 1 aromatic carbocycles. The van der Waals surface area contributed by atoms with E-state index in [0.717, 1.165) is 42.4 Å². The van der Waals surface area contributed by atoms with Crippen molar-refractivity contribution in [3.05, 3.63) is 47.4 Å². The van der Waals surface area contributed by atoms with Gasteiger partial charge in [-0.25, -0.2) is 9.97 Å². The summed E-state index contributed by atoms with van der Waals surface area (Å²) in [6, 6.07) is 7.37. The summed E-state index contributed by atoms with van der Waals surface area (Å²) in [4.78, 5) is 34.2. The Labute approximate surface area is 190 Å². The molecule has 174 valence electrons. The summed E-state index contributed by atoms with van der Waals surface area (Å²) in [5.41, 5.74) is 2.88. The molecule has 0 atom stereocenters. The van der Waals surface area contributed by atoms with Crippen molar-refractivity contribution in [2.45, 2.75) is 53.5 Å². The van der Waals surface area contributed by atoms with Gasteiger partial charge in [-0.1, -0.05) is 32.9 Å². The van der Waals surface area contributed by atoms with Crippen LogP contribution in [0.2, 0.25) is 0 Å². The maximum absolute atomic E-state index is 12.8. The zero-order valence-electron chi connectivity index (χ0n) is 19.5. The van der Waals surface area contributed by atoms with Gasteiger partial charge in [-0.2, -0.15) is 0 Å². The fourth-order valence-corrected chi connectivity index (χ4v) is 3.30. The van der Waals surface area contributed by atoms with Crippen LogP contribution in [0.1, 0.15) is 61.6 Å². The molecule has 8 heteroatoms. The zero-order valence-corrected chi connectivity index (χ0v) is 19.5. The highest BCUT2D eigenvalue weighted by Gasteiger charge is 2.25. The maximum Gasteiger partial charge on any atom is 0.317 e. The molecule has 0 spiro atoms. The summed E-state index contributed by atoms with van der Waals surface area (Å²) in [6.07, 6.45) is 4.99. The average molecular weight is 442 g/mol. The molecule has 0 saturated heterocycles. The Kier molecular flexibility index (Phi) is 10.1. The van der Waals surface area contributed by atoms with Crippen molar-refractivity contribution in [3.63, 3.8) is 0 Å². The highest BCUT2D eigenvalue weighted by atomic mass is 16.4. The molecule has 1 aromatic heterocycles. The van der Waals surface area contributed by atoms with Gasteiger partial charge >= 0.3 is 5.97 Å². The fourth-order valence-electron chi connectivity index (χ4n) is 3.30. The first-order valence-corrected chi connectivity index (χ1v) is 11.4. The van der Waals surface area contributed by atoms with Gasteiger partial charge in [0.05, 0.1) is 6.54 Å². The van der Waals surface area contributed by atoms with Crippen molar-refractivity contribution in [1.82, 2.24) is 15.3 Å². The largest absolute Gasteiger partial charge is 0.480 e. The lowest BCUT2D eigenvalue weighted by molar-refractivity contribution is -0.136. The van der Waals surface area contributed by atoms with Crippen molar-refractivity contribution in [2.24, 2.45) is 5.92 Å². The van der Waals surface area contributed by atoms with E-state index in [-0.39, 0.29) is 12.5 Å². The summed E-state index contributed by atoms with van der Waals surface area (Å²) < 4.78 is 0. The Morgan fingerprint density at radius 1 is 1.19 bits per heavy atom. The predicted octanol–water partition coefficient (Wildman–Crippen LogP) is 3.86. The predicted molar refractivity (Wildman–Crippen MR) is 127 cm³/mol. The molecule has 1 saturated carbocycles. The number of nitrogens with zero attached hydrogens (tertiary/aromatic N) is 3. The highest BCUT2D eigenvalue weighted by molar-refractivity contribution is 6.03. The molecule has 1 aliphatic carbocycles. The number of hydrogen-bond donors (Lipinski definition) is 3. The molecule has 0 aliphatic heterocycles. The second-order valence-electron chi connectivity index (χ2n) is 7.75. The van der Waals surface area contributed by atoms with Crippen LogP contribution in [0.25, 0.3) is 0 Å². The molecule has 1 fully saturated rings. The second kappa shape index (κ2) is 12.8. The first-order chi connectivity index (χ1) is 15.5. The van der Waals surface area contributed by atoms with E-state index in [1.54, 1.807) is 6.07 Å². The summed E-state index contributed by atoms with van der Waals surface area (Å²) in [6.45, 7) is 10.3. The van der Waals surface area contributed by atoms with E-state index in [0.29, 0.717) is 17.9 Å². The molecule has 1 heterocycles. The van der Waals surface area contributed by atoms with Crippen LogP contribution in [0.4, 0.5) is 11.5 Å². The molecule has 32 heavy (non-hydrogen) atoms. The Hall–Kier alpha value is -3.00. The Morgan fingerprint density at radius 3 is 2.56 bits per heavy atom. The normalized spacial score (nSPS) is 12.5. The molecule has 3 rings (SSSR count). The van der Waals surface area contributed by atoms with Gasteiger partial charge < -0.3 is 20.6 Å². The van der Waals surface area contributed by atoms with Gasteiger partial charge in [-0.3, -0.25) is 9.59 Å². The molecule has 2 aromatic rings. The number of aromatic nitrogens is 2. The van der Waals surface area contributed by atoms with Crippen LogP contribution < -0.4 is 15.5 Å². The molecule has 1 amide bonds. The summed E-state index contributed by atoms with van der Waals surface area (Å²) in [7, 11) is 0. The minimum atomic E-state index is -0.894. The van der Waals surface area contributed by atoms with Crippen LogP contribution >= 0.6 is 0 Å². The second-order valence-corrected chi connectivity index (χ2v) is 7.75. The van der Waals surface area contributed by atoms with E-state index >= 15 is 0 Å². The monoisotopic (exact) mass is 441 g/mol. The number of rotatable bonds is 11. The van der Waals surface area contributed by atoms with E-state index in [1.807, 2.05) is 39.0 Å². The van der Waals surface area contributed by atoms with Gasteiger partial charge in [0.25, 0.3) is 5.91 Å². The summed E-state index contributed by atoms with van der Waals surface area (Å²) >= 11 is 0. The van der Waals surface area contributed by atoms with Gasteiger partial charge in [0.1, 0.15) is 17.8 Å². The van der Waals surface area contributed by atoms with Gasteiger partial charge in [0.15, 0.2) is 0 Å². The highest BCUT2D eigenvalue weighted by Crippen LogP contribution is 2.31. The number of hydrogen-bond acceptors (Lipinski definition) is 6. The van der Waals surface area contributed by atoms with Gasteiger partial charge in [0.2, 0.25) is 0 Å². The molecule has 0 bridgehead atoms. The lowest BCUT2D eigenvalue weighted by atomic mass is 10.1. The molecule has 8 nitrogen and oxygen atoms in total. The lowest BCUT2D eigenvalue weighted by Crippen LogP contribution is -2.28. The van der Waals surface area contributed by atoms with Crippen LogP contribution in [0.3, 0.4) is 0 Å². The number of benzene rings is 1. The number of aryl methyl sites for hydroxylation is 1. The van der Waals surface area contributed by atoms with Crippen molar-refractivity contribution < 1.29 is 14.7 Å². The van der Waals surface area contributed by atoms with E-state index in [9.17, 15) is 9.59 Å². The Morgan fingerprint density at radius 2 is 1.94 bits per heavy atom. The van der Waals surface area contributed by atoms with Crippen LogP contribution in [-0.4, -0.2) is 46.6 Å². The molecule has 1 aliphatic rings. The van der Waals surface area contributed by atoms with Crippen LogP contribution in [0.15, 0.2) is 30.6 Å². The number of carbonyl (C=O) groups excluding carboxylic acids is 1. The first kappa shape index (κ1) is 25.3. The average Bonchev–Trinajstić information content (AvgIpc) is 3.61. The van der Waals surface area contributed by atoms with Crippen molar-refractivity contribution in [1.29, 1.82) is 0 Å². The standard InChI is InChI=1S/C22H29N5O3.C2H6/c1-3-8-27(13-16-4-5-16)20-10-19(24-14-25-20)22(30)26-18-7-6-17(9-15(18)2)11-23-12-21(28)29;1-2/h6-7,9-10,14,16,23H,3-5,8,11-13H2,1-2H3,(H,26,30)(H,28,29);1-2H3. The number of carboxylic acid groups (broad SMARTS) is 1. The van der Waals surface area contributed by atoms with E-state index in [2.05, 4.69) is 32.4 Å². The number of amides is 1. The molecule has 3 N–H and O–H groups in total. The number of nitrogens with one attached hydrogen (secondary N) is 2. The Bertz CT molecular complexity index is 899. The third-order valence-corrected chi connectivity index (χ3v) is 5.02. The van der Waals surface area contributed by atoms with Crippen molar-refractivity contribution >= 4 is 23.4 Å². The zero-order chi connectivity index (χ0) is 23.5. The van der Waals surface area contributed by atoms with Crippen molar-refractivity contribution in [2.75, 3.05) is 29.9 Å². The first-order valence-electron chi connectivity index (χ1n) is 11.4. The molecule has 0 radical (unpaired) electrons. The third kappa shape index (κ3) is 7.92. The minimum Gasteiger partial charge on any atom is -0.480 e. The third-order valence-electron chi connectivity index (χ3n) is 5.02. The fraction of sp³-hybridized carbons (Fsp3) is 0.500. The van der Waals surface area contributed by atoms with Gasteiger partial charge in [-0.15, -0.1) is 0 Å². The van der Waals surface area contributed by atoms with E-state index in [1.165, 1.54) is 19.2 Å². The number of carboxylic acids is 1. The number of aliphatic carboxylic acids is 1. The Balaban J connectivity index is 0.00000176. The van der Waals surface area contributed by atoms with E-state index in [4.69, 9.17) is 5.11 Å². The smallest absolute Gasteiger partial charge is 0.317 e. The maximum atomic E-state index is 12.8. The van der Waals surface area contributed by atoms with Crippen LogP contribution in [-0.2, 0) is 11.3 Å². The van der Waals surface area contributed by atoms with Gasteiger partial charge in [0, 0.05) is 31.4 Å².